The van der Waals surface area contributed by atoms with Crippen molar-refractivity contribution < 1.29 is 9.90 Å². The van der Waals surface area contributed by atoms with Gasteiger partial charge in [0.25, 0.3) is 5.91 Å². The van der Waals surface area contributed by atoms with Gasteiger partial charge in [0.2, 0.25) is 0 Å². The molecule has 3 nitrogen and oxygen atoms in total. The van der Waals surface area contributed by atoms with Crippen LogP contribution in [0.3, 0.4) is 0 Å². The van der Waals surface area contributed by atoms with Crippen LogP contribution in [0, 0.1) is 0 Å². The second-order valence-electron chi connectivity index (χ2n) is 2.65. The molecule has 0 unspecified atom stereocenters. The average molecular weight is 200 g/mol. The number of benzene rings is 1. The maximum Gasteiger partial charge on any atom is 0.252 e. The lowest BCUT2D eigenvalue weighted by molar-refractivity contribution is -0.123. The number of anilines is 1. The largest absolute Gasteiger partial charge is 0.384 e. The molecule has 70 valence electrons. The first-order valence-corrected chi connectivity index (χ1v) is 4.22. The van der Waals surface area contributed by atoms with Gasteiger partial charge in [-0.1, -0.05) is 23.7 Å². The number of aliphatic hydroxyl groups is 1. The Hall–Kier alpha value is -1.06. The first-order chi connectivity index (χ1) is 6.11. The molecular formula is C9H10ClNO2. The Morgan fingerprint density at radius 1 is 1.54 bits per heavy atom. The van der Waals surface area contributed by atoms with Crippen molar-refractivity contribution in [3.8, 4) is 0 Å². The fourth-order valence-corrected chi connectivity index (χ4v) is 0.983. The average Bonchev–Trinajstić information content (AvgIpc) is 2.08. The predicted octanol–water partition coefficient (Wildman–Crippen LogP) is 1.66. The third-order valence-corrected chi connectivity index (χ3v) is 1.84. The van der Waals surface area contributed by atoms with Gasteiger partial charge in [-0.2, -0.15) is 0 Å². The molecular weight excluding hydrogens is 190 g/mol. The number of nitrogens with one attached hydrogen (secondary N) is 1. The number of carbonyl (C=O) groups is 1. The second kappa shape index (κ2) is 4.25. The third kappa shape index (κ3) is 2.72. The summed E-state index contributed by atoms with van der Waals surface area (Å²) in [5.41, 5.74) is 0.509. The number of carbonyl (C=O) groups excluding carboxylic acids is 1. The Morgan fingerprint density at radius 2 is 2.15 bits per heavy atom. The van der Waals surface area contributed by atoms with Gasteiger partial charge in [0, 0.05) is 0 Å². The van der Waals surface area contributed by atoms with Crippen molar-refractivity contribution in [2.75, 3.05) is 5.32 Å². The zero-order chi connectivity index (χ0) is 9.84. The van der Waals surface area contributed by atoms with E-state index < -0.39 is 12.0 Å². The van der Waals surface area contributed by atoms with Gasteiger partial charge in [-0.25, -0.2) is 0 Å². The molecule has 0 saturated heterocycles. The van der Waals surface area contributed by atoms with Crippen LogP contribution in [0.4, 0.5) is 5.69 Å². The Balaban J connectivity index is 2.75. The van der Waals surface area contributed by atoms with Crippen LogP contribution in [-0.4, -0.2) is 17.1 Å². The van der Waals surface area contributed by atoms with Crippen LogP contribution in [-0.2, 0) is 4.79 Å². The van der Waals surface area contributed by atoms with Gasteiger partial charge in [0.15, 0.2) is 0 Å². The fraction of sp³-hybridized carbons (Fsp3) is 0.222. The van der Waals surface area contributed by atoms with Gasteiger partial charge in [-0.3, -0.25) is 4.79 Å². The van der Waals surface area contributed by atoms with Crippen LogP contribution < -0.4 is 5.32 Å². The van der Waals surface area contributed by atoms with Crippen LogP contribution in [0.5, 0.6) is 0 Å². The van der Waals surface area contributed by atoms with E-state index in [9.17, 15) is 4.79 Å². The summed E-state index contributed by atoms with van der Waals surface area (Å²) in [5, 5.41) is 11.9. The standard InChI is InChI=1S/C9H10ClNO2/c1-6(12)9(13)11-8-5-3-2-4-7(8)10/h2-6,12H,1H3,(H,11,13)/t6-/m1/s1. The van der Waals surface area contributed by atoms with Gasteiger partial charge in [0.05, 0.1) is 10.7 Å². The lowest BCUT2D eigenvalue weighted by Gasteiger charge is -2.07. The number of amides is 1. The number of para-hydroxylation sites is 1. The van der Waals surface area contributed by atoms with Gasteiger partial charge in [-0.05, 0) is 19.1 Å². The minimum atomic E-state index is -1.03. The van der Waals surface area contributed by atoms with Gasteiger partial charge in [-0.15, -0.1) is 0 Å². The van der Waals surface area contributed by atoms with Crippen LogP contribution in [0.2, 0.25) is 5.02 Å². The normalized spacial score (nSPS) is 12.2. The molecule has 2 N–H and O–H groups in total. The maximum absolute atomic E-state index is 11.0. The molecule has 4 heteroatoms. The molecule has 0 fully saturated rings. The summed E-state index contributed by atoms with van der Waals surface area (Å²) in [5.74, 6) is -0.465. The van der Waals surface area contributed by atoms with Crippen molar-refractivity contribution in [2.45, 2.75) is 13.0 Å². The maximum atomic E-state index is 11.0. The zero-order valence-electron chi connectivity index (χ0n) is 7.12. The highest BCUT2D eigenvalue weighted by Gasteiger charge is 2.09. The molecule has 0 saturated carbocycles. The monoisotopic (exact) mass is 199 g/mol. The summed E-state index contributed by atoms with van der Waals surface area (Å²) >= 11 is 5.78. The van der Waals surface area contributed by atoms with Crippen LogP contribution in [0.1, 0.15) is 6.92 Å². The molecule has 0 aromatic heterocycles. The highest BCUT2D eigenvalue weighted by Crippen LogP contribution is 2.20. The van der Waals surface area contributed by atoms with Gasteiger partial charge < -0.3 is 10.4 Å². The van der Waals surface area contributed by atoms with E-state index in [0.717, 1.165) is 0 Å². The van der Waals surface area contributed by atoms with Gasteiger partial charge in [0.1, 0.15) is 6.10 Å². The van der Waals surface area contributed by atoms with Crippen LogP contribution >= 0.6 is 11.6 Å². The summed E-state index contributed by atoms with van der Waals surface area (Å²) in [6.45, 7) is 1.40. The highest BCUT2D eigenvalue weighted by atomic mass is 35.5. The molecule has 0 heterocycles. The Bertz CT molecular complexity index is 312. The fourth-order valence-electron chi connectivity index (χ4n) is 0.800. The van der Waals surface area contributed by atoms with E-state index in [1.165, 1.54) is 6.92 Å². The molecule has 0 spiro atoms. The summed E-state index contributed by atoms with van der Waals surface area (Å²) in [6, 6.07) is 6.85. The molecule has 0 aliphatic carbocycles. The predicted molar refractivity (Wildman–Crippen MR) is 51.8 cm³/mol. The van der Waals surface area contributed by atoms with E-state index in [1.807, 2.05) is 0 Å². The third-order valence-electron chi connectivity index (χ3n) is 1.51. The first-order valence-electron chi connectivity index (χ1n) is 3.84. The van der Waals surface area contributed by atoms with Crippen molar-refractivity contribution >= 4 is 23.2 Å². The summed E-state index contributed by atoms with van der Waals surface area (Å²) in [4.78, 5) is 11.0. The van der Waals surface area contributed by atoms with Crippen molar-refractivity contribution in [1.82, 2.24) is 0 Å². The molecule has 13 heavy (non-hydrogen) atoms. The molecule has 0 aliphatic rings. The number of hydrogen-bond donors (Lipinski definition) is 2. The second-order valence-corrected chi connectivity index (χ2v) is 3.05. The molecule has 1 rings (SSSR count). The topological polar surface area (TPSA) is 49.3 Å². The number of aliphatic hydroxyl groups excluding tert-OH is 1. The molecule has 1 amide bonds. The van der Waals surface area contributed by atoms with E-state index >= 15 is 0 Å². The van der Waals surface area contributed by atoms with E-state index in [4.69, 9.17) is 16.7 Å². The van der Waals surface area contributed by atoms with E-state index in [0.29, 0.717) is 10.7 Å². The zero-order valence-corrected chi connectivity index (χ0v) is 7.88. The molecule has 0 bridgehead atoms. The first kappa shape index (κ1) is 10.0. The van der Waals surface area contributed by atoms with E-state index in [-0.39, 0.29) is 0 Å². The quantitative estimate of drug-likeness (QED) is 0.761. The summed E-state index contributed by atoms with van der Waals surface area (Å²) in [7, 11) is 0. The Morgan fingerprint density at radius 3 is 2.69 bits per heavy atom. The van der Waals surface area contributed by atoms with Crippen molar-refractivity contribution in [3.63, 3.8) is 0 Å². The lowest BCUT2D eigenvalue weighted by atomic mass is 10.3. The lowest BCUT2D eigenvalue weighted by Crippen LogP contribution is -2.24. The molecule has 1 atom stereocenters. The van der Waals surface area contributed by atoms with Crippen molar-refractivity contribution in [2.24, 2.45) is 0 Å². The van der Waals surface area contributed by atoms with Crippen molar-refractivity contribution in [1.29, 1.82) is 0 Å². The summed E-state index contributed by atoms with van der Waals surface area (Å²) < 4.78 is 0. The summed E-state index contributed by atoms with van der Waals surface area (Å²) in [6.07, 6.45) is -1.03. The molecule has 0 radical (unpaired) electrons. The molecule has 0 aliphatic heterocycles. The van der Waals surface area contributed by atoms with E-state index in [1.54, 1.807) is 24.3 Å². The van der Waals surface area contributed by atoms with Gasteiger partial charge >= 0.3 is 0 Å². The number of halogens is 1. The van der Waals surface area contributed by atoms with Crippen LogP contribution in [0.15, 0.2) is 24.3 Å². The number of rotatable bonds is 2. The Labute approximate surface area is 81.3 Å². The van der Waals surface area contributed by atoms with Crippen LogP contribution in [0.25, 0.3) is 0 Å². The SMILES string of the molecule is C[C@@H](O)C(=O)Nc1ccccc1Cl. The highest BCUT2D eigenvalue weighted by molar-refractivity contribution is 6.33. The van der Waals surface area contributed by atoms with Crippen molar-refractivity contribution in [3.05, 3.63) is 29.3 Å². The number of hydrogen-bond acceptors (Lipinski definition) is 2. The molecule has 1 aromatic rings. The smallest absolute Gasteiger partial charge is 0.252 e. The minimum Gasteiger partial charge on any atom is -0.384 e. The van der Waals surface area contributed by atoms with E-state index in [2.05, 4.69) is 5.32 Å². The molecule has 1 aromatic carbocycles. The Kier molecular flexibility index (Phi) is 3.28. The minimum absolute atomic E-state index is 0.455.